The summed E-state index contributed by atoms with van der Waals surface area (Å²) in [5.74, 6) is 1.83. The molecule has 0 radical (unpaired) electrons. The second kappa shape index (κ2) is 7.10. The Morgan fingerprint density at radius 3 is 2.63 bits per heavy atom. The summed E-state index contributed by atoms with van der Waals surface area (Å²) in [6.07, 6.45) is 6.08. The highest BCUT2D eigenvalue weighted by Crippen LogP contribution is 2.42. The van der Waals surface area contributed by atoms with Crippen LogP contribution in [-0.4, -0.2) is 34.6 Å². The third-order valence-electron chi connectivity index (χ3n) is 6.22. The fraction of sp³-hybridized carbons (Fsp3) is 0.591. The van der Waals surface area contributed by atoms with Crippen LogP contribution in [0, 0.1) is 18.8 Å². The van der Waals surface area contributed by atoms with Crippen molar-refractivity contribution < 1.29 is 9.59 Å². The van der Waals surface area contributed by atoms with Crippen molar-refractivity contribution in [1.29, 1.82) is 0 Å². The van der Waals surface area contributed by atoms with Crippen LogP contribution in [0.2, 0.25) is 0 Å². The van der Waals surface area contributed by atoms with E-state index < -0.39 is 5.54 Å². The fourth-order valence-corrected chi connectivity index (χ4v) is 4.39. The Morgan fingerprint density at radius 1 is 1.26 bits per heavy atom. The molecule has 2 fully saturated rings. The number of hydrogen-bond donors (Lipinski definition) is 1. The zero-order chi connectivity index (χ0) is 19.0. The molecule has 2 aliphatic carbocycles. The number of hydrogen-bond acceptors (Lipinski definition) is 3. The van der Waals surface area contributed by atoms with Crippen molar-refractivity contribution in [2.24, 2.45) is 16.8 Å². The number of aliphatic imine (C=N–C) groups is 1. The minimum atomic E-state index is -0.597. The highest BCUT2D eigenvalue weighted by Gasteiger charge is 2.50. The third-order valence-corrected chi connectivity index (χ3v) is 6.22. The van der Waals surface area contributed by atoms with E-state index in [1.807, 2.05) is 36.1 Å². The lowest BCUT2D eigenvalue weighted by Gasteiger charge is -2.33. The van der Waals surface area contributed by atoms with Crippen LogP contribution >= 0.6 is 0 Å². The predicted molar refractivity (Wildman–Crippen MR) is 107 cm³/mol. The molecule has 1 aliphatic heterocycles. The monoisotopic (exact) mass is 367 g/mol. The van der Waals surface area contributed by atoms with Crippen LogP contribution in [0.15, 0.2) is 29.3 Å². The van der Waals surface area contributed by atoms with Crippen molar-refractivity contribution in [2.45, 2.75) is 64.3 Å². The van der Waals surface area contributed by atoms with Gasteiger partial charge in [-0.15, -0.1) is 0 Å². The van der Waals surface area contributed by atoms with Crippen LogP contribution in [0.5, 0.6) is 0 Å². The lowest BCUT2D eigenvalue weighted by atomic mass is 9.76. The average Bonchev–Trinajstić information content (AvgIpc) is 3.44. The number of carbonyl (C=O) groups is 2. The molecule has 0 atom stereocenters. The first-order valence-corrected chi connectivity index (χ1v) is 10.3. The van der Waals surface area contributed by atoms with E-state index in [4.69, 9.17) is 4.99 Å². The van der Waals surface area contributed by atoms with E-state index in [0.29, 0.717) is 18.8 Å². The van der Waals surface area contributed by atoms with E-state index >= 15 is 0 Å². The Hall–Kier alpha value is -2.17. The smallest absolute Gasteiger partial charge is 0.255 e. The molecule has 144 valence electrons. The molecule has 0 aromatic heterocycles. The largest absolute Gasteiger partial charge is 0.326 e. The molecule has 5 nitrogen and oxygen atoms in total. The van der Waals surface area contributed by atoms with Gasteiger partial charge in [0.2, 0.25) is 5.91 Å². The molecule has 1 aromatic rings. The molecule has 1 N–H and O–H groups in total. The van der Waals surface area contributed by atoms with Crippen LogP contribution < -0.4 is 5.32 Å². The Balaban J connectivity index is 1.39. The minimum Gasteiger partial charge on any atom is -0.326 e. The Kier molecular flexibility index (Phi) is 4.79. The van der Waals surface area contributed by atoms with Gasteiger partial charge in [0, 0.05) is 24.6 Å². The lowest BCUT2D eigenvalue weighted by Crippen LogP contribution is -2.46. The summed E-state index contributed by atoms with van der Waals surface area (Å²) in [6.45, 7) is 4.93. The van der Waals surface area contributed by atoms with Gasteiger partial charge in [0.1, 0.15) is 11.4 Å². The number of carbonyl (C=O) groups excluding carboxylic acids is 2. The number of rotatable bonds is 5. The SMILES string of the molecule is CCC1=NC2(CCC(C(=O)Nc3cccc(C)c3)CC2)C(=O)N1CC1CC1. The standard InChI is InChI=1S/C22H29N3O2/c1-3-19-24-22(21(27)25(19)14-16-7-8-16)11-9-17(10-12-22)20(26)23-18-6-4-5-15(2)13-18/h4-6,13,16-17H,3,7-12,14H2,1-2H3,(H,23,26). The van der Waals surface area contributed by atoms with E-state index in [2.05, 4.69) is 12.2 Å². The predicted octanol–water partition coefficient (Wildman–Crippen LogP) is 3.92. The molecule has 27 heavy (non-hydrogen) atoms. The number of anilines is 1. The van der Waals surface area contributed by atoms with E-state index in [1.165, 1.54) is 12.8 Å². The van der Waals surface area contributed by atoms with Gasteiger partial charge in [-0.2, -0.15) is 0 Å². The van der Waals surface area contributed by atoms with E-state index in [-0.39, 0.29) is 17.7 Å². The van der Waals surface area contributed by atoms with E-state index in [0.717, 1.165) is 42.9 Å². The van der Waals surface area contributed by atoms with Gasteiger partial charge in [-0.1, -0.05) is 19.1 Å². The average molecular weight is 367 g/mol. The molecule has 1 spiro atoms. The van der Waals surface area contributed by atoms with Crippen LogP contribution in [0.4, 0.5) is 5.69 Å². The van der Waals surface area contributed by atoms with Gasteiger partial charge in [0.05, 0.1) is 0 Å². The Labute approximate surface area is 161 Å². The molecular formula is C22H29N3O2. The molecule has 5 heteroatoms. The van der Waals surface area contributed by atoms with Crippen LogP contribution in [-0.2, 0) is 9.59 Å². The number of aryl methyl sites for hydroxylation is 1. The molecular weight excluding hydrogens is 338 g/mol. The van der Waals surface area contributed by atoms with Crippen molar-refractivity contribution in [3.05, 3.63) is 29.8 Å². The first-order valence-electron chi connectivity index (χ1n) is 10.3. The number of amides is 2. The molecule has 2 saturated carbocycles. The molecule has 0 saturated heterocycles. The van der Waals surface area contributed by atoms with Gasteiger partial charge < -0.3 is 5.32 Å². The normalized spacial score (nSPS) is 27.8. The second-order valence-electron chi connectivity index (χ2n) is 8.41. The van der Waals surface area contributed by atoms with E-state index in [9.17, 15) is 9.59 Å². The number of nitrogens with one attached hydrogen (secondary N) is 1. The molecule has 4 rings (SSSR count). The van der Waals surface area contributed by atoms with Crippen LogP contribution in [0.3, 0.4) is 0 Å². The highest BCUT2D eigenvalue weighted by atomic mass is 16.2. The first kappa shape index (κ1) is 18.2. The number of benzene rings is 1. The van der Waals surface area contributed by atoms with Gasteiger partial charge in [-0.3, -0.25) is 19.5 Å². The Morgan fingerprint density at radius 2 is 2.00 bits per heavy atom. The third kappa shape index (κ3) is 3.64. The first-order chi connectivity index (χ1) is 13.0. The van der Waals surface area contributed by atoms with Crippen molar-refractivity contribution in [3.63, 3.8) is 0 Å². The van der Waals surface area contributed by atoms with Crippen molar-refractivity contribution in [3.8, 4) is 0 Å². The molecule has 1 heterocycles. The molecule has 0 bridgehead atoms. The van der Waals surface area contributed by atoms with Crippen molar-refractivity contribution in [2.75, 3.05) is 11.9 Å². The second-order valence-corrected chi connectivity index (χ2v) is 8.41. The molecule has 1 aromatic carbocycles. The van der Waals surface area contributed by atoms with Crippen molar-refractivity contribution in [1.82, 2.24) is 4.90 Å². The fourth-order valence-electron chi connectivity index (χ4n) is 4.39. The van der Waals surface area contributed by atoms with Gasteiger partial charge in [-0.25, -0.2) is 0 Å². The number of nitrogens with zero attached hydrogens (tertiary/aromatic N) is 2. The van der Waals surface area contributed by atoms with Gasteiger partial charge in [0.25, 0.3) is 5.91 Å². The zero-order valence-corrected chi connectivity index (χ0v) is 16.3. The highest BCUT2D eigenvalue weighted by molar-refractivity contribution is 6.08. The summed E-state index contributed by atoms with van der Waals surface area (Å²) in [6, 6.07) is 7.87. The van der Waals surface area contributed by atoms with Crippen LogP contribution in [0.1, 0.15) is 57.4 Å². The van der Waals surface area contributed by atoms with E-state index in [1.54, 1.807) is 0 Å². The van der Waals surface area contributed by atoms with Crippen LogP contribution in [0.25, 0.3) is 0 Å². The van der Waals surface area contributed by atoms with Gasteiger partial charge in [0.15, 0.2) is 0 Å². The summed E-state index contributed by atoms with van der Waals surface area (Å²) in [5, 5.41) is 3.04. The van der Waals surface area contributed by atoms with Gasteiger partial charge in [-0.05, 0) is 69.1 Å². The summed E-state index contributed by atoms with van der Waals surface area (Å²) in [4.78, 5) is 32.6. The zero-order valence-electron chi connectivity index (χ0n) is 16.3. The Bertz CT molecular complexity index is 774. The number of amidine groups is 1. The van der Waals surface area contributed by atoms with Crippen molar-refractivity contribution >= 4 is 23.3 Å². The maximum Gasteiger partial charge on any atom is 0.255 e. The summed E-state index contributed by atoms with van der Waals surface area (Å²) < 4.78 is 0. The van der Waals surface area contributed by atoms with Gasteiger partial charge >= 0.3 is 0 Å². The molecule has 2 amide bonds. The maximum atomic E-state index is 13.1. The lowest BCUT2D eigenvalue weighted by molar-refractivity contribution is -0.134. The summed E-state index contributed by atoms with van der Waals surface area (Å²) >= 11 is 0. The summed E-state index contributed by atoms with van der Waals surface area (Å²) in [7, 11) is 0. The maximum absolute atomic E-state index is 13.1. The minimum absolute atomic E-state index is 0.0401. The summed E-state index contributed by atoms with van der Waals surface area (Å²) in [5.41, 5.74) is 1.38. The quantitative estimate of drug-likeness (QED) is 0.857. The topological polar surface area (TPSA) is 61.8 Å². The molecule has 3 aliphatic rings. The molecule has 0 unspecified atom stereocenters.